The van der Waals surface area contributed by atoms with Gasteiger partial charge in [-0.25, -0.2) is 8.42 Å². The third kappa shape index (κ3) is 4.92. The lowest BCUT2D eigenvalue weighted by Gasteiger charge is -2.00. The first kappa shape index (κ1) is 16.6. The summed E-state index contributed by atoms with van der Waals surface area (Å²) in [5.41, 5.74) is 1.28. The molecule has 0 spiro atoms. The van der Waals surface area contributed by atoms with Crippen molar-refractivity contribution in [2.24, 2.45) is 0 Å². The Hall–Kier alpha value is -1.74. The molecule has 2 rings (SSSR count). The molecule has 0 unspecified atom stereocenters. The molecular weight excluding hydrogens is 417 g/mol. The van der Waals surface area contributed by atoms with Crippen LogP contribution in [0.25, 0.3) is 6.08 Å². The molecule has 0 aliphatic carbocycles. The Morgan fingerprint density at radius 2 is 1.64 bits per heavy atom. The van der Waals surface area contributed by atoms with Crippen molar-refractivity contribution in [3.63, 3.8) is 0 Å². The second-order valence-electron chi connectivity index (χ2n) is 4.59. The summed E-state index contributed by atoms with van der Waals surface area (Å²) in [6.45, 7) is 0. The van der Waals surface area contributed by atoms with Crippen LogP contribution in [0.4, 0.5) is 5.69 Å². The van der Waals surface area contributed by atoms with Crippen LogP contribution < -0.4 is 0 Å². The molecule has 5 nitrogen and oxygen atoms in total. The Labute approximate surface area is 141 Å². The zero-order valence-corrected chi connectivity index (χ0v) is 14.3. The van der Waals surface area contributed by atoms with E-state index in [9.17, 15) is 18.5 Å². The van der Waals surface area contributed by atoms with Crippen LogP contribution in [0.1, 0.15) is 11.1 Å². The molecule has 7 heteroatoms. The van der Waals surface area contributed by atoms with E-state index in [1.165, 1.54) is 30.3 Å². The minimum atomic E-state index is -3.39. The monoisotopic (exact) mass is 429 g/mol. The molecule has 0 aliphatic heterocycles. The van der Waals surface area contributed by atoms with E-state index in [0.717, 1.165) is 8.98 Å². The number of sulfone groups is 1. The van der Waals surface area contributed by atoms with Crippen LogP contribution >= 0.6 is 22.6 Å². The summed E-state index contributed by atoms with van der Waals surface area (Å²) >= 11 is 2.15. The summed E-state index contributed by atoms with van der Waals surface area (Å²) in [5.74, 6) is -0.0760. The topological polar surface area (TPSA) is 77.3 Å². The van der Waals surface area contributed by atoms with Gasteiger partial charge in [-0.05, 0) is 64.1 Å². The molecule has 2 aromatic carbocycles. The van der Waals surface area contributed by atoms with Gasteiger partial charge in [0, 0.05) is 21.1 Å². The maximum absolute atomic E-state index is 12.0. The van der Waals surface area contributed by atoms with Gasteiger partial charge in [0.05, 0.1) is 10.7 Å². The number of hydrogen-bond donors (Lipinski definition) is 0. The predicted octanol–water partition coefficient (Wildman–Crippen LogP) is 3.79. The number of nitro benzene ring substituents is 1. The molecule has 2 aromatic rings. The molecule has 0 atom stereocenters. The molecule has 0 aliphatic rings. The fraction of sp³-hybridized carbons (Fsp3) is 0.0667. The second-order valence-corrected chi connectivity index (χ2v) is 7.72. The van der Waals surface area contributed by atoms with E-state index >= 15 is 0 Å². The van der Waals surface area contributed by atoms with Gasteiger partial charge in [-0.3, -0.25) is 10.1 Å². The fourth-order valence-corrected chi connectivity index (χ4v) is 3.23. The molecule has 0 aromatic heterocycles. The van der Waals surface area contributed by atoms with Gasteiger partial charge < -0.3 is 0 Å². The number of non-ortho nitro benzene ring substituents is 1. The van der Waals surface area contributed by atoms with Crippen LogP contribution in [-0.2, 0) is 15.6 Å². The Kier molecular flexibility index (Phi) is 5.30. The van der Waals surface area contributed by atoms with Crippen molar-refractivity contribution in [3.05, 3.63) is 78.8 Å². The van der Waals surface area contributed by atoms with Crippen LogP contribution in [0.5, 0.6) is 0 Å². The van der Waals surface area contributed by atoms with Gasteiger partial charge >= 0.3 is 0 Å². The van der Waals surface area contributed by atoms with E-state index in [4.69, 9.17) is 0 Å². The van der Waals surface area contributed by atoms with Crippen molar-refractivity contribution in [3.8, 4) is 0 Å². The minimum Gasteiger partial charge on any atom is -0.258 e. The molecule has 0 bridgehead atoms. The van der Waals surface area contributed by atoms with Crippen LogP contribution in [0.15, 0.2) is 53.9 Å². The van der Waals surface area contributed by atoms with Gasteiger partial charge in [-0.15, -0.1) is 0 Å². The lowest BCUT2D eigenvalue weighted by Crippen LogP contribution is -1.99. The molecule has 114 valence electrons. The Morgan fingerprint density at radius 1 is 1.05 bits per heavy atom. The van der Waals surface area contributed by atoms with E-state index in [-0.39, 0.29) is 11.4 Å². The molecule has 0 N–H and O–H groups in total. The van der Waals surface area contributed by atoms with Gasteiger partial charge in [0.25, 0.3) is 5.69 Å². The highest BCUT2D eigenvalue weighted by Gasteiger charge is 2.08. The van der Waals surface area contributed by atoms with Crippen LogP contribution in [0, 0.1) is 13.7 Å². The van der Waals surface area contributed by atoms with Crippen molar-refractivity contribution in [2.75, 3.05) is 0 Å². The first-order valence-electron chi connectivity index (χ1n) is 6.25. The average molecular weight is 429 g/mol. The Balaban J connectivity index is 2.10. The maximum Gasteiger partial charge on any atom is 0.269 e. The predicted molar refractivity (Wildman–Crippen MR) is 93.9 cm³/mol. The SMILES string of the molecule is O=[N+]([O-])c1ccc(/C=C/S(=O)(=O)Cc2ccc(I)cc2)cc1. The number of hydrogen-bond acceptors (Lipinski definition) is 4. The number of halogens is 1. The first-order valence-corrected chi connectivity index (χ1v) is 9.05. The van der Waals surface area contributed by atoms with Gasteiger partial charge in [0.1, 0.15) is 0 Å². The third-order valence-electron chi connectivity index (χ3n) is 2.85. The van der Waals surface area contributed by atoms with Gasteiger partial charge in [0.2, 0.25) is 0 Å². The maximum atomic E-state index is 12.0. The largest absolute Gasteiger partial charge is 0.269 e. The number of nitrogens with zero attached hydrogens (tertiary/aromatic N) is 1. The fourth-order valence-electron chi connectivity index (χ4n) is 1.75. The highest BCUT2D eigenvalue weighted by atomic mass is 127. The van der Waals surface area contributed by atoms with Crippen molar-refractivity contribution in [1.82, 2.24) is 0 Å². The minimum absolute atomic E-state index is 0.0288. The third-order valence-corrected chi connectivity index (χ3v) is 4.86. The molecule has 22 heavy (non-hydrogen) atoms. The van der Waals surface area contributed by atoms with Gasteiger partial charge in [-0.1, -0.05) is 12.1 Å². The van der Waals surface area contributed by atoms with E-state index in [2.05, 4.69) is 22.6 Å². The summed E-state index contributed by atoms with van der Waals surface area (Å²) in [7, 11) is -3.39. The van der Waals surface area contributed by atoms with Crippen molar-refractivity contribution in [1.29, 1.82) is 0 Å². The van der Waals surface area contributed by atoms with E-state index < -0.39 is 14.8 Å². The van der Waals surface area contributed by atoms with Crippen molar-refractivity contribution in [2.45, 2.75) is 5.75 Å². The zero-order chi connectivity index (χ0) is 16.2. The number of nitro groups is 1. The molecular formula is C15H12INO4S. The van der Waals surface area contributed by atoms with Crippen LogP contribution in [0.2, 0.25) is 0 Å². The lowest BCUT2D eigenvalue weighted by molar-refractivity contribution is -0.384. The quantitative estimate of drug-likeness (QED) is 0.412. The summed E-state index contributed by atoms with van der Waals surface area (Å²) in [6.07, 6.45) is 1.44. The van der Waals surface area contributed by atoms with Crippen molar-refractivity contribution < 1.29 is 13.3 Å². The molecule has 0 saturated heterocycles. The Bertz CT molecular complexity index is 796. The second kappa shape index (κ2) is 7.01. The standard InChI is InChI=1S/C15H12INO4S/c16-14-5-1-13(2-6-14)11-22(20,21)10-9-12-3-7-15(8-4-12)17(18)19/h1-10H,11H2/b10-9+. The van der Waals surface area contributed by atoms with Crippen LogP contribution in [0.3, 0.4) is 0 Å². The highest BCUT2D eigenvalue weighted by Crippen LogP contribution is 2.15. The zero-order valence-electron chi connectivity index (χ0n) is 11.3. The Morgan fingerprint density at radius 3 is 2.18 bits per heavy atom. The average Bonchev–Trinajstić information content (AvgIpc) is 2.48. The van der Waals surface area contributed by atoms with Gasteiger partial charge in [0.15, 0.2) is 9.84 Å². The highest BCUT2D eigenvalue weighted by molar-refractivity contribution is 14.1. The summed E-state index contributed by atoms with van der Waals surface area (Å²) in [4.78, 5) is 10.0. The molecule has 0 fully saturated rings. The number of rotatable bonds is 5. The molecule has 0 radical (unpaired) electrons. The molecule has 0 heterocycles. The first-order chi connectivity index (χ1) is 10.4. The lowest BCUT2D eigenvalue weighted by atomic mass is 10.2. The van der Waals surface area contributed by atoms with E-state index in [0.29, 0.717) is 11.1 Å². The summed E-state index contributed by atoms with van der Waals surface area (Å²) in [6, 6.07) is 13.0. The van der Waals surface area contributed by atoms with Crippen LogP contribution in [-0.4, -0.2) is 13.3 Å². The smallest absolute Gasteiger partial charge is 0.258 e. The normalized spacial score (nSPS) is 11.7. The number of benzene rings is 2. The van der Waals surface area contributed by atoms with Gasteiger partial charge in [-0.2, -0.15) is 0 Å². The summed E-state index contributed by atoms with van der Waals surface area (Å²) < 4.78 is 25.1. The van der Waals surface area contributed by atoms with E-state index in [1.54, 1.807) is 12.1 Å². The van der Waals surface area contributed by atoms with Crippen molar-refractivity contribution >= 4 is 44.2 Å². The summed E-state index contributed by atoms with van der Waals surface area (Å²) in [5, 5.41) is 11.7. The molecule has 0 amide bonds. The van der Waals surface area contributed by atoms with E-state index in [1.807, 2.05) is 12.1 Å². The molecule has 0 saturated carbocycles.